The molecule has 0 saturated heterocycles. The first-order valence-electron chi connectivity index (χ1n) is 5.69. The highest BCUT2D eigenvalue weighted by molar-refractivity contribution is 9.10. The molecule has 2 nitrogen and oxygen atoms in total. The van der Waals surface area contributed by atoms with Crippen LogP contribution in [0.25, 0.3) is 0 Å². The smallest absolute Gasteiger partial charge is 0.303 e. The minimum absolute atomic E-state index is 0.214. The van der Waals surface area contributed by atoms with Crippen LogP contribution in [0.3, 0.4) is 0 Å². The molecule has 3 heteroatoms. The lowest BCUT2D eigenvalue weighted by atomic mass is 9.90. The zero-order chi connectivity index (χ0) is 11.5. The third kappa shape index (κ3) is 2.64. The zero-order valence-electron chi connectivity index (χ0n) is 9.13. The van der Waals surface area contributed by atoms with E-state index < -0.39 is 5.97 Å². The molecule has 1 aromatic rings. The minimum atomic E-state index is -0.728. The van der Waals surface area contributed by atoms with Gasteiger partial charge in [-0.2, -0.15) is 0 Å². The molecule has 0 atom stereocenters. The molecule has 16 heavy (non-hydrogen) atoms. The van der Waals surface area contributed by atoms with Gasteiger partial charge in [0.1, 0.15) is 0 Å². The number of carboxylic acid groups (broad SMARTS) is 1. The average molecular weight is 283 g/mol. The summed E-state index contributed by atoms with van der Waals surface area (Å²) in [6, 6.07) is 4.26. The van der Waals surface area contributed by atoms with Crippen LogP contribution in [0.2, 0.25) is 0 Å². The van der Waals surface area contributed by atoms with Gasteiger partial charge in [0, 0.05) is 10.9 Å². The number of carboxylic acids is 1. The second kappa shape index (κ2) is 5.00. The summed E-state index contributed by atoms with van der Waals surface area (Å²) in [6.45, 7) is 0. The third-order valence-corrected chi connectivity index (χ3v) is 3.81. The number of rotatable bonds is 3. The molecule has 0 unspecified atom stereocenters. The van der Waals surface area contributed by atoms with Gasteiger partial charge >= 0.3 is 5.97 Å². The van der Waals surface area contributed by atoms with E-state index in [1.54, 1.807) is 0 Å². The van der Waals surface area contributed by atoms with E-state index in [4.69, 9.17) is 5.11 Å². The Balaban J connectivity index is 2.21. The number of halogens is 1. The number of hydrogen-bond acceptors (Lipinski definition) is 1. The quantitative estimate of drug-likeness (QED) is 0.923. The van der Waals surface area contributed by atoms with E-state index in [1.165, 1.54) is 24.0 Å². The fourth-order valence-corrected chi connectivity index (χ4v) is 3.02. The highest BCUT2D eigenvalue weighted by atomic mass is 79.9. The first-order valence-corrected chi connectivity index (χ1v) is 6.48. The molecule has 0 saturated carbocycles. The molecule has 1 aromatic carbocycles. The highest BCUT2D eigenvalue weighted by Gasteiger charge is 2.13. The van der Waals surface area contributed by atoms with Gasteiger partial charge in [-0.3, -0.25) is 4.79 Å². The number of benzene rings is 1. The predicted molar refractivity (Wildman–Crippen MR) is 66.7 cm³/mol. The van der Waals surface area contributed by atoms with Crippen molar-refractivity contribution in [3.05, 3.63) is 33.3 Å². The summed E-state index contributed by atoms with van der Waals surface area (Å²) in [5.74, 6) is -0.728. The Morgan fingerprint density at radius 3 is 2.81 bits per heavy atom. The molecule has 0 amide bonds. The fourth-order valence-electron chi connectivity index (χ4n) is 2.27. The lowest BCUT2D eigenvalue weighted by Gasteiger charge is -2.18. The molecule has 0 aromatic heterocycles. The van der Waals surface area contributed by atoms with Gasteiger partial charge < -0.3 is 5.11 Å². The molecule has 0 bridgehead atoms. The van der Waals surface area contributed by atoms with Crippen molar-refractivity contribution in [3.8, 4) is 0 Å². The topological polar surface area (TPSA) is 37.3 Å². The van der Waals surface area contributed by atoms with Gasteiger partial charge in [0.25, 0.3) is 0 Å². The van der Waals surface area contributed by atoms with Crippen LogP contribution < -0.4 is 0 Å². The van der Waals surface area contributed by atoms with Crippen LogP contribution >= 0.6 is 15.9 Å². The summed E-state index contributed by atoms with van der Waals surface area (Å²) in [5.41, 5.74) is 3.96. The van der Waals surface area contributed by atoms with Crippen molar-refractivity contribution in [3.63, 3.8) is 0 Å². The first-order chi connectivity index (χ1) is 7.66. The van der Waals surface area contributed by atoms with Gasteiger partial charge in [-0.1, -0.05) is 22.0 Å². The molecule has 2 rings (SSSR count). The molecule has 86 valence electrons. The lowest BCUT2D eigenvalue weighted by molar-refractivity contribution is -0.136. The number of fused-ring (bicyclic) bond motifs is 1. The SMILES string of the molecule is O=C(O)CCc1cc(Br)c2c(c1)CCCC2. The Labute approximate surface area is 104 Å². The molecule has 0 aliphatic heterocycles. The van der Waals surface area contributed by atoms with Crippen LogP contribution in [-0.2, 0) is 24.1 Å². The van der Waals surface area contributed by atoms with E-state index in [0.717, 1.165) is 22.9 Å². The molecule has 0 heterocycles. The highest BCUT2D eigenvalue weighted by Crippen LogP contribution is 2.30. The molecule has 0 fully saturated rings. The minimum Gasteiger partial charge on any atom is -0.481 e. The first kappa shape index (κ1) is 11.6. The molecule has 1 N–H and O–H groups in total. The van der Waals surface area contributed by atoms with Crippen molar-refractivity contribution >= 4 is 21.9 Å². The van der Waals surface area contributed by atoms with Crippen molar-refractivity contribution in [2.24, 2.45) is 0 Å². The fraction of sp³-hybridized carbons (Fsp3) is 0.462. The van der Waals surface area contributed by atoms with Gasteiger partial charge in [0.15, 0.2) is 0 Å². The molecular formula is C13H15BrO2. The summed E-state index contributed by atoms with van der Waals surface area (Å²) in [7, 11) is 0. The second-order valence-corrected chi connectivity index (χ2v) is 5.17. The van der Waals surface area contributed by atoms with Crippen LogP contribution in [0.4, 0.5) is 0 Å². The molecule has 1 aliphatic rings. The molecule has 0 spiro atoms. The van der Waals surface area contributed by atoms with Gasteiger partial charge in [-0.05, 0) is 54.9 Å². The molecular weight excluding hydrogens is 268 g/mol. The van der Waals surface area contributed by atoms with Crippen LogP contribution in [0, 0.1) is 0 Å². The number of aryl methyl sites for hydroxylation is 2. The van der Waals surface area contributed by atoms with Crippen molar-refractivity contribution in [1.82, 2.24) is 0 Å². The summed E-state index contributed by atoms with van der Waals surface area (Å²) >= 11 is 3.59. The largest absolute Gasteiger partial charge is 0.481 e. The van der Waals surface area contributed by atoms with Crippen LogP contribution in [-0.4, -0.2) is 11.1 Å². The summed E-state index contributed by atoms with van der Waals surface area (Å²) in [6.07, 6.45) is 5.64. The van der Waals surface area contributed by atoms with Gasteiger partial charge in [0.2, 0.25) is 0 Å². The van der Waals surface area contributed by atoms with E-state index >= 15 is 0 Å². The predicted octanol–water partition coefficient (Wildman–Crippen LogP) is 3.35. The zero-order valence-corrected chi connectivity index (χ0v) is 10.7. The van der Waals surface area contributed by atoms with E-state index in [0.29, 0.717) is 6.42 Å². The van der Waals surface area contributed by atoms with E-state index in [-0.39, 0.29) is 6.42 Å². The van der Waals surface area contributed by atoms with Crippen molar-refractivity contribution in [2.45, 2.75) is 38.5 Å². The Morgan fingerprint density at radius 1 is 1.31 bits per heavy atom. The monoisotopic (exact) mass is 282 g/mol. The Morgan fingerprint density at radius 2 is 2.06 bits per heavy atom. The van der Waals surface area contributed by atoms with Crippen LogP contribution in [0.1, 0.15) is 36.0 Å². The number of carbonyl (C=O) groups is 1. The summed E-state index contributed by atoms with van der Waals surface area (Å²) in [4.78, 5) is 10.5. The average Bonchev–Trinajstić information content (AvgIpc) is 2.26. The van der Waals surface area contributed by atoms with E-state index in [9.17, 15) is 4.79 Å². The van der Waals surface area contributed by atoms with Crippen molar-refractivity contribution in [2.75, 3.05) is 0 Å². The van der Waals surface area contributed by atoms with Gasteiger partial charge in [-0.15, -0.1) is 0 Å². The number of hydrogen-bond donors (Lipinski definition) is 1. The van der Waals surface area contributed by atoms with Crippen LogP contribution in [0.5, 0.6) is 0 Å². The Kier molecular flexibility index (Phi) is 3.64. The van der Waals surface area contributed by atoms with Gasteiger partial charge in [0.05, 0.1) is 0 Å². The maximum absolute atomic E-state index is 10.5. The maximum Gasteiger partial charge on any atom is 0.303 e. The number of aliphatic carboxylic acids is 1. The normalized spacial score (nSPS) is 14.6. The van der Waals surface area contributed by atoms with E-state index in [2.05, 4.69) is 28.1 Å². The van der Waals surface area contributed by atoms with Crippen molar-refractivity contribution in [1.29, 1.82) is 0 Å². The Bertz CT molecular complexity index is 413. The lowest BCUT2D eigenvalue weighted by Crippen LogP contribution is -2.05. The van der Waals surface area contributed by atoms with Crippen LogP contribution in [0.15, 0.2) is 16.6 Å². The van der Waals surface area contributed by atoms with Gasteiger partial charge in [-0.25, -0.2) is 0 Å². The summed E-state index contributed by atoms with van der Waals surface area (Å²) < 4.78 is 1.16. The Hall–Kier alpha value is -0.830. The van der Waals surface area contributed by atoms with Crippen molar-refractivity contribution < 1.29 is 9.90 Å². The standard InChI is InChI=1S/C13H15BrO2/c14-12-8-9(5-6-13(15)16)7-10-3-1-2-4-11(10)12/h7-8H,1-6H2,(H,15,16). The third-order valence-electron chi connectivity index (χ3n) is 3.10. The van der Waals surface area contributed by atoms with E-state index in [1.807, 2.05) is 0 Å². The molecule has 0 radical (unpaired) electrons. The second-order valence-electron chi connectivity index (χ2n) is 4.32. The molecule has 1 aliphatic carbocycles. The summed E-state index contributed by atoms with van der Waals surface area (Å²) in [5, 5.41) is 8.67. The maximum atomic E-state index is 10.5.